The van der Waals surface area contributed by atoms with E-state index in [1.165, 1.54) is 30.3 Å². The average Bonchev–Trinajstić information content (AvgIpc) is 2.61. The molecule has 0 bridgehead atoms. The molecule has 0 aromatic heterocycles. The third-order valence-corrected chi connectivity index (χ3v) is 5.58. The predicted octanol–water partition coefficient (Wildman–Crippen LogP) is 5.10. The van der Waals surface area contributed by atoms with Crippen LogP contribution in [0.3, 0.4) is 0 Å². The van der Waals surface area contributed by atoms with Crippen LogP contribution in [-0.2, 0) is 15.5 Å². The number of nitrogens with zero attached hydrogens (tertiary/aromatic N) is 2. The van der Waals surface area contributed by atoms with Gasteiger partial charge in [0.15, 0.2) is 4.98 Å². The van der Waals surface area contributed by atoms with Gasteiger partial charge in [0.25, 0.3) is 0 Å². The Morgan fingerprint density at radius 1 is 0.963 bits per heavy atom. The highest BCUT2D eigenvalue weighted by atomic mass is 32.2. The van der Waals surface area contributed by atoms with Crippen LogP contribution in [0.25, 0.3) is 15.7 Å². The molecule has 0 amide bonds. The first-order valence-corrected chi connectivity index (χ1v) is 9.69. The number of rotatable bonds is 3. The number of phenols is 1. The van der Waals surface area contributed by atoms with Gasteiger partial charge in [0.05, 0.1) is 0 Å². The molecule has 0 aliphatic heterocycles. The monoisotopic (exact) mass is 383 g/mol. The van der Waals surface area contributed by atoms with Gasteiger partial charge in [-0.2, -0.15) is 8.42 Å². The molecule has 3 aromatic rings. The Hall–Kier alpha value is -3.11. The molecule has 0 radical (unpaired) electrons. The summed E-state index contributed by atoms with van der Waals surface area (Å²) in [5.41, 5.74) is 0.957. The van der Waals surface area contributed by atoms with E-state index >= 15 is 0 Å². The lowest BCUT2D eigenvalue weighted by molar-refractivity contribution is 0.484. The molecule has 0 heterocycles. The molecule has 27 heavy (non-hydrogen) atoms. The summed E-state index contributed by atoms with van der Waals surface area (Å²) in [4.78, 5) is 2.89. The first-order valence-electron chi connectivity index (χ1n) is 8.28. The van der Waals surface area contributed by atoms with Crippen molar-refractivity contribution in [3.63, 3.8) is 0 Å². The lowest BCUT2D eigenvalue weighted by Gasteiger charge is -2.19. The van der Waals surface area contributed by atoms with Crippen LogP contribution in [0.1, 0.15) is 26.3 Å². The second-order valence-electron chi connectivity index (χ2n) is 7.20. The van der Waals surface area contributed by atoms with Gasteiger partial charge in [-0.05, 0) is 35.2 Å². The van der Waals surface area contributed by atoms with E-state index in [1.54, 1.807) is 12.1 Å². The standard InChI is InChI=1S/C20H18N2O4S/c1-20(2,3)13-7-9-14(10-8-13)26-27(24,25)18-6-4-5-16-15(18)11-12-17(22-21)19(16)23/h4-12H,1-3H3/p+1. The molecule has 138 valence electrons. The summed E-state index contributed by atoms with van der Waals surface area (Å²) >= 11 is 0. The Balaban J connectivity index is 2.03. The SMILES string of the molecule is CC(C)(C)c1ccc(OS(=O)(=O)c2cccc3c(O)c([N+]#N)ccc23)cc1. The van der Waals surface area contributed by atoms with Crippen molar-refractivity contribution in [2.75, 3.05) is 0 Å². The summed E-state index contributed by atoms with van der Waals surface area (Å²) in [5.74, 6) is -0.104. The van der Waals surface area contributed by atoms with Gasteiger partial charge in [-0.1, -0.05) is 45.0 Å². The topological polar surface area (TPSA) is 91.8 Å². The Kier molecular flexibility index (Phi) is 4.54. The van der Waals surface area contributed by atoms with Crippen LogP contribution in [0.15, 0.2) is 59.5 Å². The van der Waals surface area contributed by atoms with E-state index in [4.69, 9.17) is 9.58 Å². The van der Waals surface area contributed by atoms with Crippen molar-refractivity contribution in [3.05, 3.63) is 65.1 Å². The molecule has 0 aliphatic carbocycles. The van der Waals surface area contributed by atoms with E-state index in [9.17, 15) is 13.5 Å². The van der Waals surface area contributed by atoms with Crippen molar-refractivity contribution in [2.24, 2.45) is 0 Å². The van der Waals surface area contributed by atoms with Gasteiger partial charge >= 0.3 is 15.8 Å². The van der Waals surface area contributed by atoms with Crippen molar-refractivity contribution in [1.82, 2.24) is 0 Å². The van der Waals surface area contributed by atoms with Gasteiger partial charge in [0.2, 0.25) is 11.1 Å². The van der Waals surface area contributed by atoms with Gasteiger partial charge in [0, 0.05) is 16.8 Å². The smallest absolute Gasteiger partial charge is 0.426 e. The third-order valence-electron chi connectivity index (χ3n) is 4.28. The second kappa shape index (κ2) is 6.56. The molecule has 1 N–H and O–H groups in total. The van der Waals surface area contributed by atoms with Gasteiger partial charge in [-0.3, -0.25) is 0 Å². The summed E-state index contributed by atoms with van der Waals surface area (Å²) in [6, 6.07) is 14.1. The minimum absolute atomic E-state index is 0.0456. The third kappa shape index (κ3) is 3.57. The molecule has 0 aliphatic rings. The minimum atomic E-state index is -4.13. The molecular weight excluding hydrogens is 364 g/mol. The fourth-order valence-electron chi connectivity index (χ4n) is 2.78. The summed E-state index contributed by atoms with van der Waals surface area (Å²) in [6.45, 7) is 6.19. The lowest BCUT2D eigenvalue weighted by Crippen LogP contribution is -2.12. The van der Waals surface area contributed by atoms with Crippen LogP contribution in [0.2, 0.25) is 0 Å². The number of hydrogen-bond acceptors (Lipinski definition) is 5. The molecular formula is C20H19N2O4S+. The quantitative estimate of drug-likeness (QED) is 0.502. The second-order valence-corrected chi connectivity index (χ2v) is 8.71. The van der Waals surface area contributed by atoms with Crippen molar-refractivity contribution in [3.8, 4) is 11.5 Å². The average molecular weight is 383 g/mol. The maximum absolute atomic E-state index is 12.8. The van der Waals surface area contributed by atoms with E-state index in [-0.39, 0.29) is 38.3 Å². The van der Waals surface area contributed by atoms with Crippen molar-refractivity contribution >= 4 is 26.6 Å². The molecule has 0 saturated heterocycles. The van der Waals surface area contributed by atoms with Crippen LogP contribution in [0.4, 0.5) is 5.69 Å². The first-order chi connectivity index (χ1) is 12.6. The molecule has 7 heteroatoms. The van der Waals surface area contributed by atoms with E-state index in [2.05, 4.69) is 25.7 Å². The van der Waals surface area contributed by atoms with E-state index in [0.29, 0.717) is 0 Å². The fraction of sp³-hybridized carbons (Fsp3) is 0.200. The Labute approximate surface area is 157 Å². The number of diazo groups is 1. The van der Waals surface area contributed by atoms with Crippen LogP contribution in [0, 0.1) is 5.39 Å². The highest BCUT2D eigenvalue weighted by Gasteiger charge is 2.24. The predicted molar refractivity (Wildman–Crippen MR) is 103 cm³/mol. The molecule has 0 spiro atoms. The lowest BCUT2D eigenvalue weighted by atomic mass is 9.87. The number of benzene rings is 3. The molecule has 3 aromatic carbocycles. The molecule has 6 nitrogen and oxygen atoms in total. The Morgan fingerprint density at radius 2 is 1.63 bits per heavy atom. The summed E-state index contributed by atoms with van der Waals surface area (Å²) in [7, 11) is -4.13. The van der Waals surface area contributed by atoms with Crippen molar-refractivity contribution in [1.29, 1.82) is 5.39 Å². The normalized spacial score (nSPS) is 11.9. The van der Waals surface area contributed by atoms with Crippen LogP contribution in [0.5, 0.6) is 11.5 Å². The zero-order valence-corrected chi connectivity index (χ0v) is 16.0. The zero-order valence-electron chi connectivity index (χ0n) is 15.2. The Bertz CT molecular complexity index is 1160. The zero-order chi connectivity index (χ0) is 19.8. The largest absolute Gasteiger partial charge is 0.501 e. The van der Waals surface area contributed by atoms with Gasteiger partial charge in [-0.15, -0.1) is 0 Å². The number of fused-ring (bicyclic) bond motifs is 1. The van der Waals surface area contributed by atoms with Crippen LogP contribution < -0.4 is 4.18 Å². The number of aromatic hydroxyl groups is 1. The molecule has 3 rings (SSSR count). The highest BCUT2D eigenvalue weighted by Crippen LogP contribution is 2.37. The molecule has 0 unspecified atom stereocenters. The number of hydrogen-bond donors (Lipinski definition) is 1. The van der Waals surface area contributed by atoms with Gasteiger partial charge in [-0.25, -0.2) is 0 Å². The minimum Gasteiger partial charge on any atom is -0.501 e. The van der Waals surface area contributed by atoms with Gasteiger partial charge < -0.3 is 9.29 Å². The maximum Gasteiger partial charge on any atom is 0.426 e. The maximum atomic E-state index is 12.8. The first kappa shape index (κ1) is 18.7. The van der Waals surface area contributed by atoms with Crippen molar-refractivity contribution < 1.29 is 17.7 Å². The molecule has 0 saturated carbocycles. The number of phenolic OH excluding ortho intramolecular Hbond substituents is 1. The fourth-order valence-corrected chi connectivity index (χ4v) is 3.93. The van der Waals surface area contributed by atoms with Crippen LogP contribution >= 0.6 is 0 Å². The molecule has 0 atom stereocenters. The van der Waals surface area contributed by atoms with E-state index in [0.717, 1.165) is 5.56 Å². The summed E-state index contributed by atoms with van der Waals surface area (Å²) < 4.78 is 30.9. The van der Waals surface area contributed by atoms with E-state index < -0.39 is 10.1 Å². The van der Waals surface area contributed by atoms with E-state index in [1.807, 2.05) is 12.1 Å². The highest BCUT2D eigenvalue weighted by molar-refractivity contribution is 7.87. The summed E-state index contributed by atoms with van der Waals surface area (Å²) in [6.07, 6.45) is 0. The van der Waals surface area contributed by atoms with Crippen molar-refractivity contribution in [2.45, 2.75) is 31.1 Å². The molecule has 0 fully saturated rings. The summed E-state index contributed by atoms with van der Waals surface area (Å²) in [5, 5.41) is 19.6. The van der Waals surface area contributed by atoms with Gasteiger partial charge in [0.1, 0.15) is 10.6 Å². The van der Waals surface area contributed by atoms with Crippen LogP contribution in [-0.4, -0.2) is 13.5 Å². The Morgan fingerprint density at radius 3 is 2.22 bits per heavy atom.